The highest BCUT2D eigenvalue weighted by atomic mass is 16.2. The van der Waals surface area contributed by atoms with Gasteiger partial charge in [0.1, 0.15) is 6.04 Å². The maximum atomic E-state index is 13.6. The monoisotopic (exact) mass is 391 g/mol. The minimum absolute atomic E-state index is 0.0282. The lowest BCUT2D eigenvalue weighted by atomic mass is 10.0. The van der Waals surface area contributed by atoms with Crippen LogP contribution in [0.5, 0.6) is 0 Å². The number of nitrogens with zero attached hydrogens (tertiary/aromatic N) is 3. The molecule has 0 aromatic heterocycles. The van der Waals surface area contributed by atoms with Crippen molar-refractivity contribution in [1.82, 2.24) is 14.7 Å². The first-order chi connectivity index (χ1) is 14.2. The van der Waals surface area contributed by atoms with Gasteiger partial charge in [0.25, 0.3) is 5.91 Å². The number of amides is 2. The number of hydrogen-bond donors (Lipinski definition) is 0. The highest BCUT2D eigenvalue weighted by Crippen LogP contribution is 2.27. The first-order valence-corrected chi connectivity index (χ1v) is 10.6. The number of fused-ring (bicyclic) bond motifs is 1. The van der Waals surface area contributed by atoms with Crippen LogP contribution in [0.1, 0.15) is 34.8 Å². The lowest BCUT2D eigenvalue weighted by Gasteiger charge is -2.38. The van der Waals surface area contributed by atoms with Crippen molar-refractivity contribution in [3.05, 3.63) is 71.3 Å². The maximum absolute atomic E-state index is 13.6. The fraction of sp³-hybridized carbons (Fsp3) is 0.417. The van der Waals surface area contributed by atoms with E-state index in [0.717, 1.165) is 55.8 Å². The molecule has 5 nitrogen and oxygen atoms in total. The Morgan fingerprint density at radius 2 is 1.66 bits per heavy atom. The van der Waals surface area contributed by atoms with E-state index in [0.29, 0.717) is 13.0 Å². The van der Waals surface area contributed by atoms with Gasteiger partial charge in [0.05, 0.1) is 0 Å². The van der Waals surface area contributed by atoms with Crippen molar-refractivity contribution in [2.24, 2.45) is 0 Å². The molecule has 1 unspecified atom stereocenters. The van der Waals surface area contributed by atoms with Crippen LogP contribution in [0.25, 0.3) is 0 Å². The Kier molecular flexibility index (Phi) is 5.95. The molecule has 0 spiro atoms. The third-order valence-electron chi connectivity index (χ3n) is 6.01. The lowest BCUT2D eigenvalue weighted by Crippen LogP contribution is -2.55. The Balaban J connectivity index is 1.55. The van der Waals surface area contributed by atoms with E-state index in [1.165, 1.54) is 0 Å². The molecule has 0 radical (unpaired) electrons. The van der Waals surface area contributed by atoms with Gasteiger partial charge in [-0.2, -0.15) is 0 Å². The molecule has 2 aromatic rings. The molecule has 5 heteroatoms. The highest BCUT2D eigenvalue weighted by Gasteiger charge is 2.38. The van der Waals surface area contributed by atoms with Crippen LogP contribution in [0.15, 0.2) is 54.6 Å². The van der Waals surface area contributed by atoms with E-state index < -0.39 is 6.04 Å². The highest BCUT2D eigenvalue weighted by molar-refractivity contribution is 6.01. The van der Waals surface area contributed by atoms with Crippen LogP contribution in [-0.4, -0.2) is 65.3 Å². The van der Waals surface area contributed by atoms with Crippen LogP contribution in [0.3, 0.4) is 0 Å². The summed E-state index contributed by atoms with van der Waals surface area (Å²) in [6.07, 6.45) is 1.68. The summed E-state index contributed by atoms with van der Waals surface area (Å²) in [5.41, 5.74) is 2.82. The number of carbonyl (C=O) groups excluding carboxylic acids is 2. The third kappa shape index (κ3) is 4.20. The molecule has 0 N–H and O–H groups in total. The molecule has 29 heavy (non-hydrogen) atoms. The molecular weight excluding hydrogens is 362 g/mol. The molecular formula is C24H29N3O2. The number of piperazine rings is 1. The lowest BCUT2D eigenvalue weighted by molar-refractivity contribution is -0.138. The molecule has 2 heterocycles. The Labute approximate surface area is 172 Å². The molecule has 1 fully saturated rings. The van der Waals surface area contributed by atoms with Crippen molar-refractivity contribution in [3.63, 3.8) is 0 Å². The Morgan fingerprint density at radius 1 is 0.966 bits per heavy atom. The van der Waals surface area contributed by atoms with Crippen molar-refractivity contribution >= 4 is 11.8 Å². The molecule has 0 saturated carbocycles. The van der Waals surface area contributed by atoms with Crippen molar-refractivity contribution in [2.45, 2.75) is 32.4 Å². The maximum Gasteiger partial charge on any atom is 0.255 e. The van der Waals surface area contributed by atoms with E-state index in [1.807, 2.05) is 59.5 Å². The van der Waals surface area contributed by atoms with Crippen LogP contribution in [0, 0.1) is 0 Å². The molecule has 1 saturated heterocycles. The van der Waals surface area contributed by atoms with E-state index in [1.54, 1.807) is 4.90 Å². The molecule has 1 atom stereocenters. The Bertz CT molecular complexity index is 859. The summed E-state index contributed by atoms with van der Waals surface area (Å²) in [6, 6.07) is 17.3. The average Bonchev–Trinajstić information content (AvgIpc) is 3.10. The molecule has 2 amide bonds. The van der Waals surface area contributed by atoms with Crippen LogP contribution >= 0.6 is 0 Å². The molecule has 2 aromatic carbocycles. The van der Waals surface area contributed by atoms with Gasteiger partial charge in [-0.05, 0) is 30.2 Å². The minimum Gasteiger partial charge on any atom is -0.338 e. The average molecular weight is 392 g/mol. The quantitative estimate of drug-likeness (QED) is 0.761. The smallest absolute Gasteiger partial charge is 0.255 e. The Hall–Kier alpha value is -2.66. The van der Waals surface area contributed by atoms with Crippen molar-refractivity contribution in [2.75, 3.05) is 32.7 Å². The van der Waals surface area contributed by atoms with E-state index in [2.05, 4.69) is 11.8 Å². The molecule has 0 bridgehead atoms. The second-order valence-electron chi connectivity index (χ2n) is 7.96. The minimum atomic E-state index is -0.463. The summed E-state index contributed by atoms with van der Waals surface area (Å²) in [5, 5.41) is 0. The Morgan fingerprint density at radius 3 is 2.34 bits per heavy atom. The largest absolute Gasteiger partial charge is 0.338 e. The number of rotatable bonds is 6. The number of carbonyl (C=O) groups is 2. The van der Waals surface area contributed by atoms with Crippen molar-refractivity contribution < 1.29 is 9.59 Å². The summed E-state index contributed by atoms with van der Waals surface area (Å²) >= 11 is 0. The number of benzene rings is 2. The predicted octanol–water partition coefficient (Wildman–Crippen LogP) is 2.81. The second-order valence-corrected chi connectivity index (χ2v) is 7.96. The van der Waals surface area contributed by atoms with Crippen molar-refractivity contribution in [3.8, 4) is 0 Å². The topological polar surface area (TPSA) is 43.9 Å². The molecule has 152 valence electrons. The molecule has 2 aliphatic heterocycles. The van der Waals surface area contributed by atoms with E-state index in [-0.39, 0.29) is 11.8 Å². The normalized spacial score (nSPS) is 18.0. The van der Waals surface area contributed by atoms with Gasteiger partial charge in [0.15, 0.2) is 0 Å². The summed E-state index contributed by atoms with van der Waals surface area (Å²) < 4.78 is 0. The van der Waals surface area contributed by atoms with Crippen LogP contribution in [-0.2, 0) is 17.8 Å². The van der Waals surface area contributed by atoms with E-state index in [4.69, 9.17) is 0 Å². The summed E-state index contributed by atoms with van der Waals surface area (Å²) in [5.74, 6) is 0.0469. The van der Waals surface area contributed by atoms with Gasteiger partial charge >= 0.3 is 0 Å². The summed E-state index contributed by atoms with van der Waals surface area (Å²) in [7, 11) is 0. The second kappa shape index (κ2) is 8.78. The van der Waals surface area contributed by atoms with Crippen molar-refractivity contribution in [1.29, 1.82) is 0 Å². The van der Waals surface area contributed by atoms with E-state index >= 15 is 0 Å². The van der Waals surface area contributed by atoms with E-state index in [9.17, 15) is 9.59 Å². The zero-order chi connectivity index (χ0) is 20.2. The van der Waals surface area contributed by atoms with Gasteiger partial charge in [0, 0.05) is 44.7 Å². The van der Waals surface area contributed by atoms with Gasteiger partial charge in [-0.15, -0.1) is 0 Å². The van der Waals surface area contributed by atoms with Gasteiger partial charge in [-0.3, -0.25) is 14.5 Å². The first kappa shape index (κ1) is 19.6. The summed E-state index contributed by atoms with van der Waals surface area (Å²) in [6.45, 7) is 7.06. The van der Waals surface area contributed by atoms with Gasteiger partial charge in [-0.25, -0.2) is 0 Å². The van der Waals surface area contributed by atoms with Gasteiger partial charge in [0.2, 0.25) is 5.91 Å². The third-order valence-corrected chi connectivity index (χ3v) is 6.01. The molecule has 0 aliphatic carbocycles. The van der Waals surface area contributed by atoms with Crippen LogP contribution in [0.4, 0.5) is 0 Å². The van der Waals surface area contributed by atoms with Gasteiger partial charge in [-0.1, -0.05) is 55.5 Å². The predicted molar refractivity (Wildman–Crippen MR) is 114 cm³/mol. The molecule has 4 rings (SSSR count). The van der Waals surface area contributed by atoms with Gasteiger partial charge < -0.3 is 9.80 Å². The standard InChI is InChI=1S/C24H29N3O2/c1-2-12-25-13-15-26(16-14-25)24(29)22(17-19-8-4-3-5-9-19)27-18-20-10-6-7-11-21(20)23(27)28/h3-11,22H,2,12-18H2,1H3. The molecule has 2 aliphatic rings. The zero-order valence-electron chi connectivity index (χ0n) is 17.1. The fourth-order valence-corrected chi connectivity index (χ4v) is 4.42. The zero-order valence-corrected chi connectivity index (χ0v) is 17.1. The first-order valence-electron chi connectivity index (χ1n) is 10.6. The van der Waals surface area contributed by atoms with Crippen LogP contribution < -0.4 is 0 Å². The fourth-order valence-electron chi connectivity index (χ4n) is 4.42. The summed E-state index contributed by atoms with van der Waals surface area (Å²) in [4.78, 5) is 32.8. The van der Waals surface area contributed by atoms with Crippen LogP contribution in [0.2, 0.25) is 0 Å². The number of hydrogen-bond acceptors (Lipinski definition) is 3. The SMILES string of the molecule is CCCN1CCN(C(=O)C(Cc2ccccc2)N2Cc3ccccc3C2=O)CC1.